The SMILES string of the molecule is CCCCCCCCCCCCCCCCCC(S)C(S)CCCCCCCCCCC. The fourth-order valence-electron chi connectivity index (χ4n) is 4.77. The Kier molecular flexibility index (Phi) is 28.6. The normalized spacial score (nSPS) is 13.5. The van der Waals surface area contributed by atoms with Crippen LogP contribution in [0.25, 0.3) is 0 Å². The minimum Gasteiger partial charge on any atom is -0.175 e. The van der Waals surface area contributed by atoms with E-state index in [0.717, 1.165) is 0 Å². The van der Waals surface area contributed by atoms with Gasteiger partial charge in [-0.1, -0.05) is 168 Å². The summed E-state index contributed by atoms with van der Waals surface area (Å²) in [6.07, 6.45) is 36.8. The third-order valence-electron chi connectivity index (χ3n) is 7.15. The molecule has 0 N–H and O–H groups in total. The van der Waals surface area contributed by atoms with Gasteiger partial charge in [-0.15, -0.1) is 0 Å². The fraction of sp³-hybridized carbons (Fsp3) is 1.00. The quantitative estimate of drug-likeness (QED) is 0.0836. The molecule has 2 heteroatoms. The van der Waals surface area contributed by atoms with Crippen molar-refractivity contribution in [2.75, 3.05) is 0 Å². The summed E-state index contributed by atoms with van der Waals surface area (Å²) in [5.41, 5.74) is 0. The van der Waals surface area contributed by atoms with Crippen LogP contribution in [0.1, 0.15) is 181 Å². The molecule has 0 bridgehead atoms. The summed E-state index contributed by atoms with van der Waals surface area (Å²) in [4.78, 5) is 0. The summed E-state index contributed by atoms with van der Waals surface area (Å²) in [6, 6.07) is 0. The van der Waals surface area contributed by atoms with Crippen LogP contribution in [0.4, 0.5) is 0 Å². The number of unbranched alkanes of at least 4 members (excludes halogenated alkanes) is 22. The fourth-order valence-corrected chi connectivity index (χ4v) is 5.44. The van der Waals surface area contributed by atoms with Crippen LogP contribution >= 0.6 is 25.3 Å². The first kappa shape index (κ1) is 32.7. The second kappa shape index (κ2) is 27.9. The van der Waals surface area contributed by atoms with Gasteiger partial charge in [-0.3, -0.25) is 0 Å². The van der Waals surface area contributed by atoms with Gasteiger partial charge in [0, 0.05) is 10.5 Å². The highest BCUT2D eigenvalue weighted by Gasteiger charge is 2.13. The highest BCUT2D eigenvalue weighted by atomic mass is 32.1. The first-order valence-electron chi connectivity index (χ1n) is 15.1. The maximum Gasteiger partial charge on any atom is 0.0133 e. The second-order valence-electron chi connectivity index (χ2n) is 10.5. The van der Waals surface area contributed by atoms with Crippen LogP contribution in [-0.4, -0.2) is 10.5 Å². The van der Waals surface area contributed by atoms with Crippen molar-refractivity contribution in [3.8, 4) is 0 Å². The van der Waals surface area contributed by atoms with Gasteiger partial charge < -0.3 is 0 Å². The van der Waals surface area contributed by atoms with E-state index in [9.17, 15) is 0 Å². The predicted molar refractivity (Wildman–Crippen MR) is 157 cm³/mol. The Bertz CT molecular complexity index is 331. The van der Waals surface area contributed by atoms with Crippen LogP contribution in [0, 0.1) is 0 Å². The Hall–Kier alpha value is 0.700. The van der Waals surface area contributed by atoms with E-state index in [-0.39, 0.29) is 0 Å². The van der Waals surface area contributed by atoms with Gasteiger partial charge in [-0.25, -0.2) is 0 Å². The van der Waals surface area contributed by atoms with Crippen molar-refractivity contribution in [2.45, 2.75) is 191 Å². The molecule has 2 atom stereocenters. The molecule has 0 aliphatic carbocycles. The van der Waals surface area contributed by atoms with Crippen molar-refractivity contribution in [2.24, 2.45) is 0 Å². The van der Waals surface area contributed by atoms with Gasteiger partial charge in [0.15, 0.2) is 0 Å². The van der Waals surface area contributed by atoms with Crippen LogP contribution in [0.15, 0.2) is 0 Å². The lowest BCUT2D eigenvalue weighted by molar-refractivity contribution is 0.522. The van der Waals surface area contributed by atoms with Crippen LogP contribution < -0.4 is 0 Å². The molecule has 0 amide bonds. The van der Waals surface area contributed by atoms with Gasteiger partial charge in [-0.05, 0) is 12.8 Å². The molecule has 0 nitrogen and oxygen atoms in total. The molecule has 0 fully saturated rings. The molecule has 194 valence electrons. The Morgan fingerprint density at radius 2 is 0.500 bits per heavy atom. The molecule has 0 heterocycles. The lowest BCUT2D eigenvalue weighted by atomic mass is 10.0. The van der Waals surface area contributed by atoms with E-state index in [4.69, 9.17) is 25.3 Å². The smallest absolute Gasteiger partial charge is 0.0133 e. The zero-order chi connectivity index (χ0) is 23.5. The molecular formula is C30H62S2. The van der Waals surface area contributed by atoms with E-state index >= 15 is 0 Å². The van der Waals surface area contributed by atoms with E-state index in [1.54, 1.807) is 0 Å². The van der Waals surface area contributed by atoms with E-state index in [1.165, 1.54) is 167 Å². The first-order valence-corrected chi connectivity index (χ1v) is 16.1. The van der Waals surface area contributed by atoms with Crippen molar-refractivity contribution in [3.63, 3.8) is 0 Å². The molecule has 2 unspecified atom stereocenters. The summed E-state index contributed by atoms with van der Waals surface area (Å²) in [5.74, 6) is 0. The van der Waals surface area contributed by atoms with Crippen molar-refractivity contribution >= 4 is 25.3 Å². The van der Waals surface area contributed by atoms with Crippen LogP contribution in [0.3, 0.4) is 0 Å². The molecule has 0 saturated heterocycles. The average molecular weight is 487 g/mol. The molecule has 0 aromatic heterocycles. The maximum absolute atomic E-state index is 4.86. The van der Waals surface area contributed by atoms with Gasteiger partial charge in [-0.2, -0.15) is 25.3 Å². The van der Waals surface area contributed by atoms with Gasteiger partial charge in [0.25, 0.3) is 0 Å². The third-order valence-corrected chi connectivity index (χ3v) is 8.62. The molecule has 0 saturated carbocycles. The number of hydrogen-bond acceptors (Lipinski definition) is 2. The molecule has 0 rings (SSSR count). The van der Waals surface area contributed by atoms with E-state index < -0.39 is 0 Å². The summed E-state index contributed by atoms with van der Waals surface area (Å²) in [6.45, 7) is 4.59. The Morgan fingerprint density at radius 1 is 0.312 bits per heavy atom. The highest BCUT2D eigenvalue weighted by Crippen LogP contribution is 2.22. The standard InChI is InChI=1S/C30H62S2/c1-3-5-7-9-11-13-14-15-16-17-18-20-22-24-26-28-30(32)29(31)27-25-23-21-19-12-10-8-6-4-2/h29-32H,3-28H2,1-2H3. The van der Waals surface area contributed by atoms with E-state index in [2.05, 4.69) is 13.8 Å². The molecule has 0 aliphatic rings. The van der Waals surface area contributed by atoms with Crippen molar-refractivity contribution in [1.82, 2.24) is 0 Å². The monoisotopic (exact) mass is 486 g/mol. The Labute approximate surface area is 216 Å². The number of hydrogen-bond donors (Lipinski definition) is 2. The zero-order valence-electron chi connectivity index (χ0n) is 22.4. The Balaban J connectivity index is 3.27. The number of rotatable bonds is 27. The molecule has 0 aromatic carbocycles. The molecule has 32 heavy (non-hydrogen) atoms. The van der Waals surface area contributed by atoms with Gasteiger partial charge in [0.2, 0.25) is 0 Å². The molecule has 0 spiro atoms. The van der Waals surface area contributed by atoms with Crippen LogP contribution in [0.5, 0.6) is 0 Å². The summed E-state index contributed by atoms with van der Waals surface area (Å²) in [7, 11) is 0. The summed E-state index contributed by atoms with van der Waals surface area (Å²) >= 11 is 9.72. The lowest BCUT2D eigenvalue weighted by Crippen LogP contribution is -2.15. The van der Waals surface area contributed by atoms with Crippen LogP contribution in [0.2, 0.25) is 0 Å². The minimum absolute atomic E-state index is 0.495. The van der Waals surface area contributed by atoms with Gasteiger partial charge in [0.05, 0.1) is 0 Å². The molecular weight excluding hydrogens is 424 g/mol. The van der Waals surface area contributed by atoms with Crippen molar-refractivity contribution in [1.29, 1.82) is 0 Å². The highest BCUT2D eigenvalue weighted by molar-refractivity contribution is 7.85. The topological polar surface area (TPSA) is 0 Å². The van der Waals surface area contributed by atoms with Crippen molar-refractivity contribution < 1.29 is 0 Å². The average Bonchev–Trinajstić information content (AvgIpc) is 2.80. The largest absolute Gasteiger partial charge is 0.175 e. The Morgan fingerprint density at radius 3 is 0.719 bits per heavy atom. The molecule has 0 aliphatic heterocycles. The van der Waals surface area contributed by atoms with E-state index in [0.29, 0.717) is 10.5 Å². The summed E-state index contributed by atoms with van der Waals surface area (Å²) < 4.78 is 0. The second-order valence-corrected chi connectivity index (χ2v) is 11.8. The van der Waals surface area contributed by atoms with Crippen LogP contribution in [-0.2, 0) is 0 Å². The summed E-state index contributed by atoms with van der Waals surface area (Å²) in [5, 5.41) is 0.990. The predicted octanol–water partition coefficient (Wildman–Crippen LogP) is 11.8. The first-order chi connectivity index (χ1) is 15.7. The van der Waals surface area contributed by atoms with Gasteiger partial charge >= 0.3 is 0 Å². The minimum atomic E-state index is 0.495. The number of thiol groups is 2. The van der Waals surface area contributed by atoms with E-state index in [1.807, 2.05) is 0 Å². The molecule has 0 aromatic rings. The zero-order valence-corrected chi connectivity index (χ0v) is 24.2. The molecule has 0 radical (unpaired) electrons. The van der Waals surface area contributed by atoms with Gasteiger partial charge in [0.1, 0.15) is 0 Å². The van der Waals surface area contributed by atoms with Crippen molar-refractivity contribution in [3.05, 3.63) is 0 Å². The maximum atomic E-state index is 4.86. The lowest BCUT2D eigenvalue weighted by Gasteiger charge is -2.18. The third kappa shape index (κ3) is 25.3.